The third-order valence-corrected chi connectivity index (χ3v) is 7.23. The Morgan fingerprint density at radius 2 is 1.90 bits per heavy atom. The number of rotatable bonds is 7. The van der Waals surface area contributed by atoms with Crippen LogP contribution in [0.15, 0.2) is 58.8 Å². The lowest BCUT2D eigenvalue weighted by Gasteiger charge is -2.09. The first-order valence-electron chi connectivity index (χ1n) is 8.69. The van der Waals surface area contributed by atoms with Crippen molar-refractivity contribution >= 4 is 27.0 Å². The van der Waals surface area contributed by atoms with Crippen LogP contribution in [0.5, 0.6) is 11.5 Å². The van der Waals surface area contributed by atoms with Crippen LogP contribution in [0.2, 0.25) is 0 Å². The molecule has 2 aromatic carbocycles. The number of hydrogen-bond acceptors (Lipinski definition) is 8. The van der Waals surface area contributed by atoms with Gasteiger partial charge in [0.15, 0.2) is 0 Å². The average Bonchev–Trinajstić information content (AvgIpc) is 3.46. The van der Waals surface area contributed by atoms with Gasteiger partial charge in [0.1, 0.15) is 15.7 Å². The molecule has 2 aromatic heterocycles. The van der Waals surface area contributed by atoms with Crippen molar-refractivity contribution in [1.29, 1.82) is 0 Å². The van der Waals surface area contributed by atoms with Gasteiger partial charge in [0.05, 0.1) is 14.2 Å². The van der Waals surface area contributed by atoms with E-state index in [4.69, 9.17) is 9.47 Å². The molecule has 2 N–H and O–H groups in total. The van der Waals surface area contributed by atoms with Crippen LogP contribution in [0.25, 0.3) is 21.8 Å². The number of H-pyrrole nitrogens is 1. The first kappa shape index (κ1) is 19.9. The molecule has 9 nitrogen and oxygen atoms in total. The molecule has 2 heterocycles. The Morgan fingerprint density at radius 3 is 2.63 bits per heavy atom. The average molecular weight is 444 g/mol. The van der Waals surface area contributed by atoms with Gasteiger partial charge in [-0.2, -0.15) is 5.21 Å². The number of tetrazole rings is 1. The molecule has 154 valence electrons. The standard InChI is InChI=1S/C19H17N5O4S2/c1-27-14-6-7-15(16(11-14)28-2)17-8-9-18(29-17)30(25,26)22-13-5-3-4-12(10-13)19-20-23-24-21-19/h3-11,22H,1-2H3,(H,20,21,23,24). The van der Waals surface area contributed by atoms with Gasteiger partial charge < -0.3 is 9.47 Å². The number of ether oxygens (including phenoxy) is 2. The molecular formula is C19H17N5O4S2. The van der Waals surface area contributed by atoms with Gasteiger partial charge in [0, 0.05) is 27.8 Å². The second-order valence-corrected chi connectivity index (χ2v) is 9.10. The van der Waals surface area contributed by atoms with E-state index in [1.807, 2.05) is 6.07 Å². The van der Waals surface area contributed by atoms with Gasteiger partial charge in [0.25, 0.3) is 10.0 Å². The minimum absolute atomic E-state index is 0.181. The van der Waals surface area contributed by atoms with Gasteiger partial charge in [-0.25, -0.2) is 8.42 Å². The molecule has 0 bridgehead atoms. The number of aromatic nitrogens is 4. The Balaban J connectivity index is 1.61. The third kappa shape index (κ3) is 3.98. The van der Waals surface area contributed by atoms with E-state index in [2.05, 4.69) is 25.3 Å². The fraction of sp³-hybridized carbons (Fsp3) is 0.105. The maximum absolute atomic E-state index is 12.9. The van der Waals surface area contributed by atoms with Crippen molar-refractivity contribution < 1.29 is 17.9 Å². The molecule has 0 fully saturated rings. The maximum Gasteiger partial charge on any atom is 0.271 e. The molecule has 0 spiro atoms. The summed E-state index contributed by atoms with van der Waals surface area (Å²) in [6.07, 6.45) is 0. The zero-order valence-electron chi connectivity index (χ0n) is 16.0. The molecular weight excluding hydrogens is 426 g/mol. The number of anilines is 1. The second kappa shape index (κ2) is 8.13. The van der Waals surface area contributed by atoms with Crippen LogP contribution in [0, 0.1) is 0 Å². The maximum atomic E-state index is 12.9. The summed E-state index contributed by atoms with van der Waals surface area (Å²) in [5, 5.41) is 13.7. The molecule has 0 atom stereocenters. The van der Waals surface area contributed by atoms with Crippen molar-refractivity contribution in [2.24, 2.45) is 0 Å². The lowest BCUT2D eigenvalue weighted by atomic mass is 10.1. The highest BCUT2D eigenvalue weighted by molar-refractivity contribution is 7.94. The number of benzene rings is 2. The Hall–Kier alpha value is -3.44. The van der Waals surface area contributed by atoms with Crippen molar-refractivity contribution in [3.63, 3.8) is 0 Å². The van der Waals surface area contributed by atoms with Crippen LogP contribution in [0.1, 0.15) is 0 Å². The van der Waals surface area contributed by atoms with Crippen LogP contribution in [0.3, 0.4) is 0 Å². The van der Waals surface area contributed by atoms with Crippen LogP contribution < -0.4 is 14.2 Å². The molecule has 0 saturated heterocycles. The number of nitrogens with one attached hydrogen (secondary N) is 2. The molecule has 0 aliphatic rings. The van der Waals surface area contributed by atoms with Gasteiger partial charge in [0.2, 0.25) is 5.82 Å². The molecule has 30 heavy (non-hydrogen) atoms. The minimum Gasteiger partial charge on any atom is -0.497 e. The van der Waals surface area contributed by atoms with Gasteiger partial charge in [-0.15, -0.1) is 21.5 Å². The number of sulfonamides is 1. The predicted octanol–water partition coefficient (Wildman–Crippen LogP) is 3.41. The van der Waals surface area contributed by atoms with Crippen LogP contribution >= 0.6 is 11.3 Å². The number of nitrogens with zero attached hydrogens (tertiary/aromatic N) is 3. The molecule has 0 amide bonds. The highest BCUT2D eigenvalue weighted by Crippen LogP contribution is 2.38. The number of methoxy groups -OCH3 is 2. The minimum atomic E-state index is -3.78. The molecule has 4 aromatic rings. The number of aromatic amines is 1. The zero-order chi connectivity index (χ0) is 21.1. The van der Waals surface area contributed by atoms with Gasteiger partial charge in [-0.3, -0.25) is 4.72 Å². The summed E-state index contributed by atoms with van der Waals surface area (Å²) in [5.41, 5.74) is 1.82. The topological polar surface area (TPSA) is 119 Å². The second-order valence-electron chi connectivity index (χ2n) is 6.11. The van der Waals surface area contributed by atoms with Gasteiger partial charge in [-0.05, 0) is 41.6 Å². The van der Waals surface area contributed by atoms with E-state index in [0.717, 1.165) is 21.8 Å². The zero-order valence-corrected chi connectivity index (χ0v) is 17.6. The van der Waals surface area contributed by atoms with Crippen LogP contribution in [0.4, 0.5) is 5.69 Å². The lowest BCUT2D eigenvalue weighted by Crippen LogP contribution is -2.11. The quantitative estimate of drug-likeness (QED) is 0.449. The van der Waals surface area contributed by atoms with Crippen LogP contribution in [-0.2, 0) is 10.0 Å². The van der Waals surface area contributed by atoms with Crippen molar-refractivity contribution in [2.75, 3.05) is 18.9 Å². The monoisotopic (exact) mass is 443 g/mol. The molecule has 0 radical (unpaired) electrons. The van der Waals surface area contributed by atoms with Gasteiger partial charge >= 0.3 is 0 Å². The molecule has 0 aliphatic heterocycles. The van der Waals surface area contributed by atoms with Crippen LogP contribution in [-0.4, -0.2) is 43.3 Å². The highest BCUT2D eigenvalue weighted by Gasteiger charge is 2.19. The van der Waals surface area contributed by atoms with Crippen molar-refractivity contribution in [2.45, 2.75) is 4.21 Å². The summed E-state index contributed by atoms with van der Waals surface area (Å²) >= 11 is 1.15. The normalized spacial score (nSPS) is 11.3. The summed E-state index contributed by atoms with van der Waals surface area (Å²) in [6.45, 7) is 0. The van der Waals surface area contributed by atoms with E-state index in [0.29, 0.717) is 28.6 Å². The van der Waals surface area contributed by atoms with Gasteiger partial charge in [-0.1, -0.05) is 12.1 Å². The summed E-state index contributed by atoms with van der Waals surface area (Å²) in [5.74, 6) is 1.63. The van der Waals surface area contributed by atoms with Crippen molar-refractivity contribution in [3.05, 3.63) is 54.6 Å². The number of thiophene rings is 1. The third-order valence-electron chi connectivity index (χ3n) is 4.24. The van der Waals surface area contributed by atoms with E-state index >= 15 is 0 Å². The summed E-state index contributed by atoms with van der Waals surface area (Å²) in [6, 6.07) is 15.5. The first-order valence-corrected chi connectivity index (χ1v) is 11.0. The first-order chi connectivity index (χ1) is 14.5. The van der Waals surface area contributed by atoms with E-state index in [1.54, 1.807) is 62.8 Å². The molecule has 0 saturated carbocycles. The van der Waals surface area contributed by atoms with E-state index in [1.165, 1.54) is 0 Å². The van der Waals surface area contributed by atoms with E-state index in [9.17, 15) is 8.42 Å². The Morgan fingerprint density at radius 1 is 1.03 bits per heavy atom. The summed E-state index contributed by atoms with van der Waals surface area (Å²) in [7, 11) is -0.649. The predicted molar refractivity (Wildman–Crippen MR) is 113 cm³/mol. The SMILES string of the molecule is COc1ccc(-c2ccc(S(=O)(=O)Nc3cccc(-c4nn[nH]n4)c3)s2)c(OC)c1. The molecule has 11 heteroatoms. The molecule has 0 aliphatic carbocycles. The lowest BCUT2D eigenvalue weighted by molar-refractivity contribution is 0.395. The smallest absolute Gasteiger partial charge is 0.271 e. The van der Waals surface area contributed by atoms with E-state index in [-0.39, 0.29) is 4.21 Å². The summed E-state index contributed by atoms with van der Waals surface area (Å²) in [4.78, 5) is 0.760. The van der Waals surface area contributed by atoms with Crippen molar-refractivity contribution in [1.82, 2.24) is 20.6 Å². The number of hydrogen-bond donors (Lipinski definition) is 2. The fourth-order valence-corrected chi connectivity index (χ4v) is 5.21. The van der Waals surface area contributed by atoms with Crippen molar-refractivity contribution in [3.8, 4) is 33.3 Å². The van der Waals surface area contributed by atoms with E-state index < -0.39 is 10.0 Å². The largest absolute Gasteiger partial charge is 0.497 e. The summed E-state index contributed by atoms with van der Waals surface area (Å²) < 4.78 is 39.2. The fourth-order valence-electron chi connectivity index (χ4n) is 2.82. The Labute approximate surface area is 176 Å². The Bertz CT molecular complexity index is 1270. The molecule has 4 rings (SSSR count). The Kier molecular flexibility index (Phi) is 5.38. The molecule has 0 unspecified atom stereocenters. The highest BCUT2D eigenvalue weighted by atomic mass is 32.2.